The highest BCUT2D eigenvalue weighted by Gasteiger charge is 2.25. The lowest BCUT2D eigenvalue weighted by atomic mass is 9.89. The molecule has 0 fully saturated rings. The number of fused-ring (bicyclic) bond motifs is 2. The Morgan fingerprint density at radius 2 is 2.04 bits per heavy atom. The molecule has 0 aliphatic rings. The molecule has 2 heterocycles. The number of hydrogen-bond acceptors (Lipinski definition) is 3. The van der Waals surface area contributed by atoms with E-state index < -0.39 is 5.41 Å². The molecule has 0 bridgehead atoms. The molecule has 5 nitrogen and oxygen atoms in total. The van der Waals surface area contributed by atoms with Gasteiger partial charge < -0.3 is 5.32 Å². The minimum atomic E-state index is -0.453. The molecule has 0 saturated carbocycles. The summed E-state index contributed by atoms with van der Waals surface area (Å²) < 4.78 is 1.50. The van der Waals surface area contributed by atoms with Crippen molar-refractivity contribution in [2.24, 2.45) is 5.41 Å². The van der Waals surface area contributed by atoms with Crippen molar-refractivity contribution < 1.29 is 4.79 Å². The Morgan fingerprint density at radius 1 is 1.26 bits per heavy atom. The van der Waals surface area contributed by atoms with Gasteiger partial charge in [0.25, 0.3) is 5.56 Å². The number of pyridine rings is 1. The number of benzene rings is 1. The third-order valence-electron chi connectivity index (χ3n) is 4.28. The van der Waals surface area contributed by atoms with Crippen LogP contribution in [0.2, 0.25) is 0 Å². The van der Waals surface area contributed by atoms with E-state index in [4.69, 9.17) is 0 Å². The Hall–Kier alpha value is -2.69. The number of nitrogens with one attached hydrogen (secondary N) is 1. The predicted molar refractivity (Wildman–Crippen MR) is 91.7 cm³/mol. The lowest BCUT2D eigenvalue weighted by Crippen LogP contribution is -2.30. The first kappa shape index (κ1) is 15.2. The van der Waals surface area contributed by atoms with E-state index in [0.29, 0.717) is 22.2 Å². The molecule has 23 heavy (non-hydrogen) atoms. The van der Waals surface area contributed by atoms with Gasteiger partial charge in [0.15, 0.2) is 0 Å². The largest absolute Gasteiger partial charge is 0.326 e. The number of rotatable bonds is 3. The van der Waals surface area contributed by atoms with Gasteiger partial charge in [0, 0.05) is 17.3 Å². The lowest BCUT2D eigenvalue weighted by molar-refractivity contribution is -0.124. The van der Waals surface area contributed by atoms with E-state index in [-0.39, 0.29) is 11.5 Å². The van der Waals surface area contributed by atoms with Gasteiger partial charge in [-0.15, -0.1) is 0 Å². The molecule has 0 spiro atoms. The van der Waals surface area contributed by atoms with E-state index in [0.717, 1.165) is 6.42 Å². The molecule has 118 valence electrons. The van der Waals surface area contributed by atoms with Crippen LogP contribution in [0.1, 0.15) is 27.2 Å². The maximum atomic E-state index is 12.6. The first-order chi connectivity index (χ1) is 10.9. The number of nitrogens with zero attached hydrogens (tertiary/aromatic N) is 2. The van der Waals surface area contributed by atoms with Crippen molar-refractivity contribution in [2.75, 3.05) is 5.32 Å². The van der Waals surface area contributed by atoms with Crippen LogP contribution in [0.5, 0.6) is 0 Å². The Labute approximate surface area is 134 Å². The second-order valence-electron chi connectivity index (χ2n) is 6.27. The summed E-state index contributed by atoms with van der Waals surface area (Å²) in [4.78, 5) is 29.4. The monoisotopic (exact) mass is 309 g/mol. The van der Waals surface area contributed by atoms with Crippen molar-refractivity contribution in [3.05, 3.63) is 52.9 Å². The zero-order valence-corrected chi connectivity index (χ0v) is 13.5. The minimum absolute atomic E-state index is 0.0619. The van der Waals surface area contributed by atoms with Gasteiger partial charge in [-0.1, -0.05) is 26.8 Å². The van der Waals surface area contributed by atoms with Gasteiger partial charge in [0.2, 0.25) is 5.91 Å². The standard InChI is InChI=1S/C18H19N3O2/c1-4-18(2,3)17(23)19-12-8-9-14-13(11-12)16(22)21-10-6-5-7-15(21)20-14/h5-11H,4H2,1-3H3,(H,19,23). The summed E-state index contributed by atoms with van der Waals surface area (Å²) in [6, 6.07) is 10.6. The normalized spacial score (nSPS) is 11.8. The first-order valence-electron chi connectivity index (χ1n) is 7.65. The molecular formula is C18H19N3O2. The van der Waals surface area contributed by atoms with Gasteiger partial charge in [-0.2, -0.15) is 0 Å². The van der Waals surface area contributed by atoms with Crippen molar-refractivity contribution in [3.63, 3.8) is 0 Å². The number of carbonyl (C=O) groups is 1. The SMILES string of the molecule is CCC(C)(C)C(=O)Nc1ccc2nc3ccccn3c(=O)c2c1. The smallest absolute Gasteiger partial charge is 0.265 e. The Balaban J connectivity index is 2.09. The van der Waals surface area contributed by atoms with Crippen LogP contribution < -0.4 is 10.9 Å². The number of carbonyl (C=O) groups excluding carboxylic acids is 1. The molecule has 3 aromatic rings. The Kier molecular flexibility index (Phi) is 3.64. The summed E-state index contributed by atoms with van der Waals surface area (Å²) in [5, 5.41) is 3.37. The summed E-state index contributed by atoms with van der Waals surface area (Å²) in [7, 11) is 0. The average molecular weight is 309 g/mol. The molecule has 0 saturated heterocycles. The Morgan fingerprint density at radius 3 is 2.78 bits per heavy atom. The van der Waals surface area contributed by atoms with Crippen LogP contribution in [0, 0.1) is 5.41 Å². The quantitative estimate of drug-likeness (QED) is 0.756. The first-order valence-corrected chi connectivity index (χ1v) is 7.65. The molecule has 0 aliphatic carbocycles. The average Bonchev–Trinajstić information content (AvgIpc) is 2.55. The van der Waals surface area contributed by atoms with E-state index in [1.807, 2.05) is 26.8 Å². The molecule has 1 amide bonds. The van der Waals surface area contributed by atoms with E-state index in [1.54, 1.807) is 36.5 Å². The summed E-state index contributed by atoms with van der Waals surface area (Å²) >= 11 is 0. The zero-order valence-electron chi connectivity index (χ0n) is 13.5. The molecule has 1 N–H and O–H groups in total. The van der Waals surface area contributed by atoms with Gasteiger partial charge in [0.1, 0.15) is 5.65 Å². The summed E-state index contributed by atoms with van der Waals surface area (Å²) in [5.41, 5.74) is 1.24. The number of hydrogen-bond donors (Lipinski definition) is 1. The maximum absolute atomic E-state index is 12.6. The molecule has 0 aliphatic heterocycles. The molecule has 2 aromatic heterocycles. The van der Waals surface area contributed by atoms with Crippen LogP contribution in [0.3, 0.4) is 0 Å². The zero-order chi connectivity index (χ0) is 16.6. The van der Waals surface area contributed by atoms with Crippen LogP contribution in [-0.4, -0.2) is 15.3 Å². The molecule has 1 aromatic carbocycles. The van der Waals surface area contributed by atoms with Crippen LogP contribution in [0.25, 0.3) is 16.6 Å². The van der Waals surface area contributed by atoms with Crippen molar-refractivity contribution in [1.29, 1.82) is 0 Å². The van der Waals surface area contributed by atoms with Crippen molar-refractivity contribution in [1.82, 2.24) is 9.38 Å². The van der Waals surface area contributed by atoms with E-state index in [9.17, 15) is 9.59 Å². The van der Waals surface area contributed by atoms with Gasteiger partial charge >= 0.3 is 0 Å². The second-order valence-corrected chi connectivity index (χ2v) is 6.27. The third-order valence-corrected chi connectivity index (χ3v) is 4.28. The van der Waals surface area contributed by atoms with Crippen molar-refractivity contribution in [2.45, 2.75) is 27.2 Å². The van der Waals surface area contributed by atoms with Crippen molar-refractivity contribution >= 4 is 28.1 Å². The molecule has 0 unspecified atom stereocenters. The van der Waals surface area contributed by atoms with E-state index >= 15 is 0 Å². The molecule has 5 heteroatoms. The summed E-state index contributed by atoms with van der Waals surface area (Å²) in [5.74, 6) is -0.0619. The number of amides is 1. The van der Waals surface area contributed by atoms with Crippen LogP contribution in [-0.2, 0) is 4.79 Å². The highest BCUT2D eigenvalue weighted by atomic mass is 16.2. The lowest BCUT2D eigenvalue weighted by Gasteiger charge is -2.21. The van der Waals surface area contributed by atoms with E-state index in [1.165, 1.54) is 4.40 Å². The highest BCUT2D eigenvalue weighted by molar-refractivity contribution is 5.96. The predicted octanol–water partition coefficient (Wildman–Crippen LogP) is 3.22. The fourth-order valence-electron chi connectivity index (χ4n) is 2.29. The number of aromatic nitrogens is 2. The highest BCUT2D eigenvalue weighted by Crippen LogP contribution is 2.23. The third kappa shape index (κ3) is 2.70. The van der Waals surface area contributed by atoms with Gasteiger partial charge in [-0.3, -0.25) is 14.0 Å². The van der Waals surface area contributed by atoms with Crippen LogP contribution >= 0.6 is 0 Å². The van der Waals surface area contributed by atoms with Crippen LogP contribution in [0.15, 0.2) is 47.4 Å². The maximum Gasteiger partial charge on any atom is 0.265 e. The Bertz CT molecular complexity index is 957. The molecular weight excluding hydrogens is 290 g/mol. The van der Waals surface area contributed by atoms with Gasteiger partial charge in [-0.25, -0.2) is 4.98 Å². The molecule has 3 rings (SSSR count). The molecule has 0 radical (unpaired) electrons. The van der Waals surface area contributed by atoms with Crippen molar-refractivity contribution in [3.8, 4) is 0 Å². The minimum Gasteiger partial charge on any atom is -0.326 e. The second kappa shape index (κ2) is 5.50. The van der Waals surface area contributed by atoms with Gasteiger partial charge in [0.05, 0.1) is 10.9 Å². The van der Waals surface area contributed by atoms with E-state index in [2.05, 4.69) is 10.3 Å². The number of anilines is 1. The summed E-state index contributed by atoms with van der Waals surface area (Å²) in [6.07, 6.45) is 2.43. The fraction of sp³-hybridized carbons (Fsp3) is 0.278. The van der Waals surface area contributed by atoms with Crippen LogP contribution in [0.4, 0.5) is 5.69 Å². The topological polar surface area (TPSA) is 63.5 Å². The molecule has 0 atom stereocenters. The summed E-state index contributed by atoms with van der Waals surface area (Å²) in [6.45, 7) is 5.77. The van der Waals surface area contributed by atoms with Gasteiger partial charge in [-0.05, 0) is 36.8 Å². The fourth-order valence-corrected chi connectivity index (χ4v) is 2.29.